The van der Waals surface area contributed by atoms with Crippen LogP contribution < -0.4 is 5.56 Å². The van der Waals surface area contributed by atoms with Crippen molar-refractivity contribution >= 4 is 16.9 Å². The van der Waals surface area contributed by atoms with Gasteiger partial charge in [-0.3, -0.25) is 4.79 Å². The third-order valence-corrected chi connectivity index (χ3v) is 3.92. The Morgan fingerprint density at radius 2 is 1.95 bits per heavy atom. The van der Waals surface area contributed by atoms with E-state index < -0.39 is 5.97 Å². The highest BCUT2D eigenvalue weighted by Crippen LogP contribution is 2.31. The highest BCUT2D eigenvalue weighted by Gasteiger charge is 2.22. The van der Waals surface area contributed by atoms with Gasteiger partial charge in [-0.2, -0.15) is 0 Å². The van der Waals surface area contributed by atoms with Crippen molar-refractivity contribution in [1.29, 1.82) is 0 Å². The molecule has 1 unspecified atom stereocenters. The van der Waals surface area contributed by atoms with Crippen LogP contribution in [0.5, 0.6) is 0 Å². The summed E-state index contributed by atoms with van der Waals surface area (Å²) in [7, 11) is 1.61. The SMILES string of the molecule is CC(c1ccccc1)c1cn(C)c(=O)c2c(C(=O)O)coc12. The minimum Gasteiger partial charge on any atom is -0.478 e. The van der Waals surface area contributed by atoms with Gasteiger partial charge in [0.2, 0.25) is 0 Å². The van der Waals surface area contributed by atoms with E-state index in [1.54, 1.807) is 13.2 Å². The summed E-state index contributed by atoms with van der Waals surface area (Å²) in [5, 5.41) is 9.35. The van der Waals surface area contributed by atoms with E-state index in [0.29, 0.717) is 5.58 Å². The lowest BCUT2D eigenvalue weighted by Gasteiger charge is -2.14. The molecule has 3 aromatic rings. The van der Waals surface area contributed by atoms with Gasteiger partial charge in [0.25, 0.3) is 5.56 Å². The molecular weight excluding hydrogens is 282 g/mol. The van der Waals surface area contributed by atoms with Gasteiger partial charge < -0.3 is 14.1 Å². The molecule has 0 radical (unpaired) electrons. The fourth-order valence-electron chi connectivity index (χ4n) is 2.67. The van der Waals surface area contributed by atoms with Crippen molar-refractivity contribution in [2.75, 3.05) is 0 Å². The molecule has 0 saturated heterocycles. The number of hydrogen-bond donors (Lipinski definition) is 1. The predicted octanol–water partition coefficient (Wildman–Crippen LogP) is 2.98. The van der Waals surface area contributed by atoms with Gasteiger partial charge in [-0.1, -0.05) is 37.3 Å². The summed E-state index contributed by atoms with van der Waals surface area (Å²) >= 11 is 0. The van der Waals surface area contributed by atoms with Crippen LogP contribution in [0.4, 0.5) is 0 Å². The first-order valence-corrected chi connectivity index (χ1v) is 6.89. The van der Waals surface area contributed by atoms with Crippen molar-refractivity contribution in [3.8, 4) is 0 Å². The molecule has 0 amide bonds. The van der Waals surface area contributed by atoms with E-state index in [-0.39, 0.29) is 22.4 Å². The van der Waals surface area contributed by atoms with Crippen LogP contribution in [-0.2, 0) is 7.05 Å². The molecule has 112 valence electrons. The van der Waals surface area contributed by atoms with Crippen LogP contribution in [0.3, 0.4) is 0 Å². The van der Waals surface area contributed by atoms with Gasteiger partial charge in [0.15, 0.2) is 0 Å². The summed E-state index contributed by atoms with van der Waals surface area (Å²) in [5.41, 5.74) is 1.73. The van der Waals surface area contributed by atoms with E-state index in [1.807, 2.05) is 37.3 Å². The molecule has 1 N–H and O–H groups in total. The van der Waals surface area contributed by atoms with E-state index in [2.05, 4.69) is 0 Å². The molecule has 1 atom stereocenters. The van der Waals surface area contributed by atoms with Crippen molar-refractivity contribution in [3.05, 3.63) is 69.8 Å². The zero-order valence-corrected chi connectivity index (χ0v) is 12.2. The lowest BCUT2D eigenvalue weighted by molar-refractivity contribution is 0.0698. The summed E-state index contributed by atoms with van der Waals surface area (Å²) in [4.78, 5) is 23.5. The van der Waals surface area contributed by atoms with Crippen LogP contribution in [-0.4, -0.2) is 15.6 Å². The number of fused-ring (bicyclic) bond motifs is 1. The second-order valence-electron chi connectivity index (χ2n) is 5.29. The van der Waals surface area contributed by atoms with Crippen molar-refractivity contribution in [3.63, 3.8) is 0 Å². The highest BCUT2D eigenvalue weighted by molar-refractivity contribution is 6.02. The number of pyridine rings is 1. The highest BCUT2D eigenvalue weighted by atomic mass is 16.4. The average Bonchev–Trinajstić information content (AvgIpc) is 2.96. The zero-order valence-electron chi connectivity index (χ0n) is 12.2. The maximum absolute atomic E-state index is 12.3. The minimum absolute atomic E-state index is 0.0247. The van der Waals surface area contributed by atoms with Crippen molar-refractivity contribution in [1.82, 2.24) is 4.57 Å². The molecule has 0 aliphatic heterocycles. The molecule has 2 heterocycles. The minimum atomic E-state index is -1.17. The van der Waals surface area contributed by atoms with Gasteiger partial charge in [-0.05, 0) is 5.56 Å². The van der Waals surface area contributed by atoms with Crippen LogP contribution in [0.25, 0.3) is 11.0 Å². The molecule has 2 aromatic heterocycles. The normalized spacial score (nSPS) is 12.5. The lowest BCUT2D eigenvalue weighted by Crippen LogP contribution is -2.19. The van der Waals surface area contributed by atoms with Gasteiger partial charge in [-0.25, -0.2) is 4.79 Å². The van der Waals surface area contributed by atoms with Gasteiger partial charge in [0.1, 0.15) is 22.8 Å². The first kappa shape index (κ1) is 14.1. The second-order valence-corrected chi connectivity index (χ2v) is 5.29. The van der Waals surface area contributed by atoms with E-state index >= 15 is 0 Å². The molecule has 0 spiro atoms. The quantitative estimate of drug-likeness (QED) is 0.806. The molecule has 0 aliphatic carbocycles. The molecule has 5 heteroatoms. The Hall–Kier alpha value is -2.82. The van der Waals surface area contributed by atoms with Crippen LogP contribution in [0.2, 0.25) is 0 Å². The molecule has 3 rings (SSSR count). The fourth-order valence-corrected chi connectivity index (χ4v) is 2.67. The number of carboxylic acids is 1. The zero-order chi connectivity index (χ0) is 15.9. The molecule has 0 saturated carbocycles. The fraction of sp³-hybridized carbons (Fsp3) is 0.176. The van der Waals surface area contributed by atoms with Crippen LogP contribution in [0.1, 0.15) is 34.3 Å². The third-order valence-electron chi connectivity index (χ3n) is 3.92. The van der Waals surface area contributed by atoms with Crippen LogP contribution >= 0.6 is 0 Å². The van der Waals surface area contributed by atoms with Gasteiger partial charge >= 0.3 is 5.97 Å². The number of nitrogens with zero attached hydrogens (tertiary/aromatic N) is 1. The van der Waals surface area contributed by atoms with Crippen LogP contribution in [0, 0.1) is 0 Å². The van der Waals surface area contributed by atoms with E-state index in [0.717, 1.165) is 17.4 Å². The summed E-state index contributed by atoms with van der Waals surface area (Å²) in [6.45, 7) is 2.00. The number of hydrogen-bond acceptors (Lipinski definition) is 3. The van der Waals surface area contributed by atoms with Crippen LogP contribution in [0.15, 0.2) is 52.0 Å². The first-order chi connectivity index (χ1) is 10.5. The Kier molecular flexibility index (Phi) is 3.33. The van der Waals surface area contributed by atoms with Gasteiger partial charge in [0.05, 0.1) is 0 Å². The molecule has 0 bridgehead atoms. The van der Waals surface area contributed by atoms with Crippen molar-refractivity contribution < 1.29 is 14.3 Å². The summed E-state index contributed by atoms with van der Waals surface area (Å²) < 4.78 is 6.83. The molecule has 0 fully saturated rings. The lowest BCUT2D eigenvalue weighted by atomic mass is 9.93. The Balaban J connectivity index is 2.30. The molecule has 0 aliphatic rings. The Morgan fingerprint density at radius 1 is 1.27 bits per heavy atom. The summed E-state index contributed by atoms with van der Waals surface area (Å²) in [6.07, 6.45) is 2.84. The average molecular weight is 297 g/mol. The Bertz CT molecular complexity index is 906. The first-order valence-electron chi connectivity index (χ1n) is 6.89. The van der Waals surface area contributed by atoms with E-state index in [1.165, 1.54) is 4.57 Å². The maximum Gasteiger partial charge on any atom is 0.339 e. The molecule has 5 nitrogen and oxygen atoms in total. The number of furan rings is 1. The maximum atomic E-state index is 12.3. The van der Waals surface area contributed by atoms with Crippen molar-refractivity contribution in [2.24, 2.45) is 7.05 Å². The standard InChI is InChI=1S/C17H15NO4/c1-10(11-6-4-3-5-7-11)12-8-18(2)16(19)14-13(17(20)21)9-22-15(12)14/h3-10H,1-2H3,(H,20,21). The number of benzene rings is 1. The number of carboxylic acid groups (broad SMARTS) is 1. The summed E-state index contributed by atoms with van der Waals surface area (Å²) in [5.74, 6) is -1.19. The topological polar surface area (TPSA) is 72.4 Å². The molecular formula is C17H15NO4. The Morgan fingerprint density at radius 3 is 2.59 bits per heavy atom. The number of aromatic carboxylic acids is 1. The number of aromatic nitrogens is 1. The third kappa shape index (κ3) is 2.11. The predicted molar refractivity (Wildman–Crippen MR) is 82.4 cm³/mol. The number of carbonyl (C=O) groups is 1. The van der Waals surface area contributed by atoms with Gasteiger partial charge in [-0.15, -0.1) is 0 Å². The number of rotatable bonds is 3. The monoisotopic (exact) mass is 297 g/mol. The van der Waals surface area contributed by atoms with Gasteiger partial charge in [0, 0.05) is 24.7 Å². The largest absolute Gasteiger partial charge is 0.478 e. The smallest absolute Gasteiger partial charge is 0.339 e. The van der Waals surface area contributed by atoms with Crippen molar-refractivity contribution in [2.45, 2.75) is 12.8 Å². The Labute approximate surface area is 126 Å². The second kappa shape index (κ2) is 5.18. The van der Waals surface area contributed by atoms with E-state index in [9.17, 15) is 14.7 Å². The molecule has 1 aromatic carbocycles. The van der Waals surface area contributed by atoms with E-state index in [4.69, 9.17) is 4.42 Å². The molecule has 22 heavy (non-hydrogen) atoms. The number of aryl methyl sites for hydroxylation is 1. The summed E-state index contributed by atoms with van der Waals surface area (Å²) in [6, 6.07) is 9.79.